The van der Waals surface area contributed by atoms with E-state index in [4.69, 9.17) is 0 Å². The van der Waals surface area contributed by atoms with Gasteiger partial charge in [-0.25, -0.2) is 4.39 Å². The second-order valence-electron chi connectivity index (χ2n) is 6.44. The summed E-state index contributed by atoms with van der Waals surface area (Å²) in [7, 11) is 0. The molecular weight excluding hydrogens is 283 g/mol. The summed E-state index contributed by atoms with van der Waals surface area (Å²) in [4.78, 5) is 16.5. The molecule has 3 rings (SSSR count). The maximum atomic E-state index is 13.6. The Kier molecular flexibility index (Phi) is 4.45. The molecule has 1 aromatic carbocycles. The van der Waals surface area contributed by atoms with Crippen LogP contribution >= 0.6 is 0 Å². The monoisotopic (exact) mass is 306 g/mol. The van der Waals surface area contributed by atoms with Crippen molar-refractivity contribution in [2.24, 2.45) is 0 Å². The van der Waals surface area contributed by atoms with Gasteiger partial charge in [-0.15, -0.1) is 0 Å². The number of likely N-dealkylation sites (tertiary alicyclic amines) is 2. The molecule has 2 aliphatic rings. The number of aliphatic hydroxyl groups excluding tert-OH is 1. The molecule has 1 N–H and O–H groups in total. The molecule has 0 spiro atoms. The number of halogens is 1. The fourth-order valence-corrected chi connectivity index (χ4v) is 3.44. The lowest BCUT2D eigenvalue weighted by Crippen LogP contribution is -2.48. The highest BCUT2D eigenvalue weighted by molar-refractivity contribution is 5.84. The molecule has 120 valence electrons. The SMILES string of the molecule is Cc1ccc(CN2CCC(N3CCCC(O)C3)C2=O)cc1F. The zero-order valence-electron chi connectivity index (χ0n) is 13.0. The van der Waals surface area contributed by atoms with Crippen molar-refractivity contribution in [3.63, 3.8) is 0 Å². The van der Waals surface area contributed by atoms with Crippen molar-refractivity contribution in [3.05, 3.63) is 35.1 Å². The van der Waals surface area contributed by atoms with E-state index in [2.05, 4.69) is 4.90 Å². The van der Waals surface area contributed by atoms with E-state index in [1.807, 2.05) is 6.07 Å². The van der Waals surface area contributed by atoms with Crippen LogP contribution in [-0.4, -0.2) is 52.6 Å². The number of amides is 1. The Balaban J connectivity index is 1.64. The molecule has 1 amide bonds. The quantitative estimate of drug-likeness (QED) is 0.924. The number of carbonyl (C=O) groups is 1. The molecule has 0 aromatic heterocycles. The number of carbonyl (C=O) groups excluding carboxylic acids is 1. The maximum absolute atomic E-state index is 13.6. The minimum Gasteiger partial charge on any atom is -0.392 e. The smallest absolute Gasteiger partial charge is 0.240 e. The summed E-state index contributed by atoms with van der Waals surface area (Å²) in [6.45, 7) is 4.36. The third kappa shape index (κ3) is 3.15. The molecule has 0 saturated carbocycles. The first-order valence-electron chi connectivity index (χ1n) is 8.00. The zero-order chi connectivity index (χ0) is 15.7. The highest BCUT2D eigenvalue weighted by atomic mass is 19.1. The molecule has 4 nitrogen and oxygen atoms in total. The summed E-state index contributed by atoms with van der Waals surface area (Å²) in [5.41, 5.74) is 1.45. The van der Waals surface area contributed by atoms with Crippen molar-refractivity contribution < 1.29 is 14.3 Å². The van der Waals surface area contributed by atoms with Crippen LogP contribution in [0.25, 0.3) is 0 Å². The van der Waals surface area contributed by atoms with Gasteiger partial charge >= 0.3 is 0 Å². The van der Waals surface area contributed by atoms with E-state index in [1.54, 1.807) is 17.9 Å². The van der Waals surface area contributed by atoms with Crippen LogP contribution in [0.2, 0.25) is 0 Å². The summed E-state index contributed by atoms with van der Waals surface area (Å²) >= 11 is 0. The average molecular weight is 306 g/mol. The molecular formula is C17H23FN2O2. The second kappa shape index (κ2) is 6.34. The van der Waals surface area contributed by atoms with Crippen LogP contribution in [0.3, 0.4) is 0 Å². The van der Waals surface area contributed by atoms with Crippen molar-refractivity contribution in [1.82, 2.24) is 9.80 Å². The Morgan fingerprint density at radius 2 is 2.14 bits per heavy atom. The van der Waals surface area contributed by atoms with E-state index in [0.29, 0.717) is 25.2 Å². The number of hydrogen-bond donors (Lipinski definition) is 1. The number of aryl methyl sites for hydroxylation is 1. The van der Waals surface area contributed by atoms with Crippen LogP contribution in [-0.2, 0) is 11.3 Å². The van der Waals surface area contributed by atoms with Gasteiger partial charge in [-0.3, -0.25) is 9.69 Å². The van der Waals surface area contributed by atoms with Gasteiger partial charge in [0.25, 0.3) is 0 Å². The Hall–Kier alpha value is -1.46. The number of piperidine rings is 1. The molecule has 2 atom stereocenters. The van der Waals surface area contributed by atoms with E-state index in [-0.39, 0.29) is 23.9 Å². The van der Waals surface area contributed by atoms with Gasteiger partial charge < -0.3 is 10.0 Å². The van der Waals surface area contributed by atoms with Crippen molar-refractivity contribution in [1.29, 1.82) is 0 Å². The number of aliphatic hydroxyl groups is 1. The van der Waals surface area contributed by atoms with Crippen molar-refractivity contribution in [3.8, 4) is 0 Å². The number of β-amino-alcohol motifs (C(OH)–C–C–N with tert-alkyl or cyclic N) is 1. The Labute approximate surface area is 130 Å². The Morgan fingerprint density at radius 3 is 2.86 bits per heavy atom. The lowest BCUT2D eigenvalue weighted by molar-refractivity contribution is -0.133. The number of nitrogens with zero attached hydrogens (tertiary/aromatic N) is 2. The Morgan fingerprint density at radius 1 is 1.32 bits per heavy atom. The summed E-state index contributed by atoms with van der Waals surface area (Å²) < 4.78 is 13.6. The third-order valence-electron chi connectivity index (χ3n) is 4.75. The molecule has 0 radical (unpaired) electrons. The molecule has 2 heterocycles. The standard InChI is InChI=1S/C17H23FN2O2/c1-12-4-5-13(9-15(12)18)10-20-8-6-16(17(20)22)19-7-2-3-14(21)11-19/h4-5,9,14,16,21H,2-3,6-8,10-11H2,1H3. The maximum Gasteiger partial charge on any atom is 0.240 e. The first kappa shape index (κ1) is 15.4. The van der Waals surface area contributed by atoms with Crippen LogP contribution in [0.4, 0.5) is 4.39 Å². The molecule has 2 aliphatic heterocycles. The summed E-state index contributed by atoms with van der Waals surface area (Å²) in [6, 6.07) is 5.03. The van der Waals surface area contributed by atoms with Crippen LogP contribution in [0.5, 0.6) is 0 Å². The van der Waals surface area contributed by atoms with E-state index in [1.165, 1.54) is 6.07 Å². The van der Waals surface area contributed by atoms with Crippen LogP contribution in [0.15, 0.2) is 18.2 Å². The number of benzene rings is 1. The third-order valence-corrected chi connectivity index (χ3v) is 4.75. The largest absolute Gasteiger partial charge is 0.392 e. The molecule has 2 unspecified atom stereocenters. The lowest BCUT2D eigenvalue weighted by Gasteiger charge is -2.33. The van der Waals surface area contributed by atoms with Gasteiger partial charge in [0.1, 0.15) is 5.82 Å². The minimum atomic E-state index is -0.318. The molecule has 2 saturated heterocycles. The summed E-state index contributed by atoms with van der Waals surface area (Å²) in [5, 5.41) is 9.78. The fraction of sp³-hybridized carbons (Fsp3) is 0.588. The van der Waals surface area contributed by atoms with E-state index in [9.17, 15) is 14.3 Å². The molecule has 0 aliphatic carbocycles. The molecule has 5 heteroatoms. The van der Waals surface area contributed by atoms with Gasteiger partial charge in [-0.1, -0.05) is 12.1 Å². The first-order chi connectivity index (χ1) is 10.5. The first-order valence-corrected chi connectivity index (χ1v) is 8.00. The summed E-state index contributed by atoms with van der Waals surface area (Å²) in [6.07, 6.45) is 2.24. The predicted octanol–water partition coefficient (Wildman–Crippen LogP) is 1.69. The van der Waals surface area contributed by atoms with Crippen LogP contribution in [0.1, 0.15) is 30.4 Å². The van der Waals surface area contributed by atoms with Crippen LogP contribution in [0, 0.1) is 12.7 Å². The fourth-order valence-electron chi connectivity index (χ4n) is 3.44. The Bertz CT molecular complexity index is 564. The van der Waals surface area contributed by atoms with E-state index < -0.39 is 0 Å². The topological polar surface area (TPSA) is 43.8 Å². The van der Waals surface area contributed by atoms with Gasteiger partial charge in [0.2, 0.25) is 5.91 Å². The van der Waals surface area contributed by atoms with Crippen LogP contribution < -0.4 is 0 Å². The number of hydrogen-bond acceptors (Lipinski definition) is 3. The van der Waals surface area contributed by atoms with Gasteiger partial charge in [-0.2, -0.15) is 0 Å². The van der Waals surface area contributed by atoms with E-state index >= 15 is 0 Å². The van der Waals surface area contributed by atoms with Gasteiger partial charge in [-0.05, 0) is 49.9 Å². The van der Waals surface area contributed by atoms with Crippen molar-refractivity contribution >= 4 is 5.91 Å². The molecule has 1 aromatic rings. The van der Waals surface area contributed by atoms with Gasteiger partial charge in [0.15, 0.2) is 0 Å². The lowest BCUT2D eigenvalue weighted by atomic mass is 10.1. The van der Waals surface area contributed by atoms with E-state index in [0.717, 1.165) is 31.4 Å². The highest BCUT2D eigenvalue weighted by Crippen LogP contribution is 2.23. The summed E-state index contributed by atoms with van der Waals surface area (Å²) in [5.74, 6) is -0.116. The minimum absolute atomic E-state index is 0.107. The molecule has 0 bridgehead atoms. The van der Waals surface area contributed by atoms with Crippen molar-refractivity contribution in [2.75, 3.05) is 19.6 Å². The predicted molar refractivity (Wildman–Crippen MR) is 81.8 cm³/mol. The highest BCUT2D eigenvalue weighted by Gasteiger charge is 2.37. The van der Waals surface area contributed by atoms with Crippen molar-refractivity contribution in [2.45, 2.75) is 44.9 Å². The zero-order valence-corrected chi connectivity index (χ0v) is 13.0. The number of rotatable bonds is 3. The molecule has 22 heavy (non-hydrogen) atoms. The normalized spacial score (nSPS) is 26.7. The molecule has 2 fully saturated rings. The van der Waals surface area contributed by atoms with Gasteiger partial charge in [0, 0.05) is 19.6 Å². The average Bonchev–Trinajstić information content (AvgIpc) is 2.84. The second-order valence-corrected chi connectivity index (χ2v) is 6.44. The van der Waals surface area contributed by atoms with Gasteiger partial charge in [0.05, 0.1) is 12.1 Å².